The Morgan fingerprint density at radius 3 is 2.52 bits per heavy atom. The van der Waals surface area contributed by atoms with E-state index in [0.717, 1.165) is 6.54 Å². The lowest BCUT2D eigenvalue weighted by Crippen LogP contribution is -2.45. The van der Waals surface area contributed by atoms with Crippen LogP contribution < -0.4 is 15.4 Å². The summed E-state index contributed by atoms with van der Waals surface area (Å²) in [6, 6.07) is 6.49. The molecular formula is C17H25F3N4O. The van der Waals surface area contributed by atoms with E-state index in [4.69, 9.17) is 0 Å². The lowest BCUT2D eigenvalue weighted by Gasteiger charge is -2.25. The molecule has 0 radical (unpaired) electrons. The molecule has 0 amide bonds. The number of likely N-dealkylation sites (N-methyl/N-ethyl adjacent to an activating group) is 1. The van der Waals surface area contributed by atoms with Crippen LogP contribution in [-0.4, -0.2) is 51.0 Å². The second kappa shape index (κ2) is 8.42. The van der Waals surface area contributed by atoms with Crippen molar-refractivity contribution >= 4 is 5.96 Å². The van der Waals surface area contributed by atoms with Gasteiger partial charge in [-0.1, -0.05) is 18.2 Å². The number of rotatable bonds is 7. The maximum absolute atomic E-state index is 12.5. The van der Waals surface area contributed by atoms with Crippen LogP contribution in [-0.2, 0) is 6.54 Å². The number of hydrogen-bond acceptors (Lipinski definition) is 3. The summed E-state index contributed by atoms with van der Waals surface area (Å²) in [7, 11) is 5.73. The maximum Gasteiger partial charge on any atom is 0.573 e. The molecule has 1 unspecified atom stereocenters. The highest BCUT2D eigenvalue weighted by Gasteiger charge is 2.33. The van der Waals surface area contributed by atoms with Crippen molar-refractivity contribution in [1.29, 1.82) is 0 Å². The van der Waals surface area contributed by atoms with Gasteiger partial charge in [0.05, 0.1) is 0 Å². The van der Waals surface area contributed by atoms with Gasteiger partial charge in [0.2, 0.25) is 0 Å². The van der Waals surface area contributed by atoms with Crippen LogP contribution in [0.2, 0.25) is 0 Å². The van der Waals surface area contributed by atoms with Crippen LogP contribution in [0.1, 0.15) is 18.4 Å². The molecule has 8 heteroatoms. The van der Waals surface area contributed by atoms with Gasteiger partial charge in [0, 0.05) is 31.7 Å². The minimum Gasteiger partial charge on any atom is -0.405 e. The number of benzene rings is 1. The van der Waals surface area contributed by atoms with Gasteiger partial charge in [0.15, 0.2) is 5.96 Å². The SMILES string of the molecule is CN=C(NCc1ccccc1OC(F)(F)F)NCC(C1CC1)N(C)C. The van der Waals surface area contributed by atoms with Gasteiger partial charge in [-0.15, -0.1) is 13.2 Å². The number of para-hydroxylation sites is 1. The highest BCUT2D eigenvalue weighted by molar-refractivity contribution is 5.79. The first-order valence-electron chi connectivity index (χ1n) is 8.24. The number of alkyl halides is 3. The number of guanidine groups is 1. The first-order chi connectivity index (χ1) is 11.8. The topological polar surface area (TPSA) is 48.9 Å². The van der Waals surface area contributed by atoms with E-state index in [1.807, 2.05) is 14.1 Å². The number of nitrogens with zero attached hydrogens (tertiary/aromatic N) is 2. The van der Waals surface area contributed by atoms with Crippen LogP contribution in [0.3, 0.4) is 0 Å². The predicted molar refractivity (Wildman–Crippen MR) is 91.5 cm³/mol. The summed E-state index contributed by atoms with van der Waals surface area (Å²) >= 11 is 0. The smallest absolute Gasteiger partial charge is 0.405 e. The average molecular weight is 358 g/mol. The fourth-order valence-corrected chi connectivity index (χ4v) is 2.73. The van der Waals surface area contributed by atoms with Crippen molar-refractivity contribution in [3.05, 3.63) is 29.8 Å². The van der Waals surface area contributed by atoms with E-state index >= 15 is 0 Å². The van der Waals surface area contributed by atoms with Gasteiger partial charge >= 0.3 is 6.36 Å². The van der Waals surface area contributed by atoms with Gasteiger partial charge in [-0.05, 0) is 38.9 Å². The number of halogens is 3. The van der Waals surface area contributed by atoms with E-state index in [9.17, 15) is 13.2 Å². The van der Waals surface area contributed by atoms with Gasteiger partial charge in [0.1, 0.15) is 5.75 Å². The Morgan fingerprint density at radius 2 is 1.96 bits per heavy atom. The summed E-state index contributed by atoms with van der Waals surface area (Å²) in [5.41, 5.74) is 0.411. The Labute approximate surface area is 146 Å². The number of nitrogens with one attached hydrogen (secondary N) is 2. The first-order valence-corrected chi connectivity index (χ1v) is 8.24. The van der Waals surface area contributed by atoms with Crippen molar-refractivity contribution in [1.82, 2.24) is 15.5 Å². The molecule has 1 aliphatic rings. The Bertz CT molecular complexity index is 584. The van der Waals surface area contributed by atoms with E-state index in [-0.39, 0.29) is 12.3 Å². The molecule has 1 fully saturated rings. The normalized spacial score (nSPS) is 16.7. The quantitative estimate of drug-likeness (QED) is 0.581. The number of aliphatic imine (C=N–C) groups is 1. The first kappa shape index (κ1) is 19.4. The fraction of sp³-hybridized carbons (Fsp3) is 0.588. The summed E-state index contributed by atoms with van der Waals surface area (Å²) in [5, 5.41) is 6.28. The molecule has 1 saturated carbocycles. The molecule has 0 spiro atoms. The minimum absolute atomic E-state index is 0.183. The van der Waals surface area contributed by atoms with Gasteiger partial charge in [-0.3, -0.25) is 4.99 Å². The number of ether oxygens (including phenoxy) is 1. The van der Waals surface area contributed by atoms with Crippen LogP contribution in [0.15, 0.2) is 29.3 Å². The highest BCUT2D eigenvalue weighted by Crippen LogP contribution is 2.34. The van der Waals surface area contributed by atoms with E-state index in [1.54, 1.807) is 19.2 Å². The third-order valence-electron chi connectivity index (χ3n) is 4.18. The van der Waals surface area contributed by atoms with Crippen molar-refractivity contribution in [3.63, 3.8) is 0 Å². The molecule has 1 aromatic rings. The van der Waals surface area contributed by atoms with Crippen molar-refractivity contribution in [2.75, 3.05) is 27.7 Å². The third kappa shape index (κ3) is 6.45. The van der Waals surface area contributed by atoms with Crippen LogP contribution in [0.4, 0.5) is 13.2 Å². The van der Waals surface area contributed by atoms with Gasteiger partial charge in [-0.25, -0.2) is 0 Å². The van der Waals surface area contributed by atoms with Crippen molar-refractivity contribution in [3.8, 4) is 5.75 Å². The molecule has 0 saturated heterocycles. The van der Waals surface area contributed by atoms with Crippen LogP contribution in [0, 0.1) is 5.92 Å². The lowest BCUT2D eigenvalue weighted by molar-refractivity contribution is -0.274. The van der Waals surface area contributed by atoms with Gasteiger partial charge in [0.25, 0.3) is 0 Å². The summed E-state index contributed by atoms with van der Waals surface area (Å²) in [6.45, 7) is 0.917. The molecule has 0 aliphatic heterocycles. The average Bonchev–Trinajstić information content (AvgIpc) is 3.35. The zero-order chi connectivity index (χ0) is 18.4. The summed E-state index contributed by atoms with van der Waals surface area (Å²) in [5.74, 6) is 1.04. The van der Waals surface area contributed by atoms with Crippen molar-refractivity contribution in [2.45, 2.75) is 31.8 Å². The predicted octanol–water partition coefficient (Wildman–Crippen LogP) is 2.59. The molecular weight excluding hydrogens is 333 g/mol. The summed E-state index contributed by atoms with van der Waals surface area (Å²) < 4.78 is 41.5. The molecule has 0 heterocycles. The van der Waals surface area contributed by atoms with Crippen molar-refractivity contribution < 1.29 is 17.9 Å². The molecule has 2 N–H and O–H groups in total. The Morgan fingerprint density at radius 1 is 1.28 bits per heavy atom. The highest BCUT2D eigenvalue weighted by atomic mass is 19.4. The molecule has 0 bridgehead atoms. The standard InChI is InChI=1S/C17H25F3N4O/c1-21-16(23-11-14(24(2)3)12-8-9-12)22-10-13-6-4-5-7-15(13)25-17(18,19)20/h4-7,12,14H,8-11H2,1-3H3,(H2,21,22,23). The van der Waals surface area contributed by atoms with Crippen LogP contribution in [0.5, 0.6) is 5.75 Å². The second-order valence-electron chi connectivity index (χ2n) is 6.33. The van der Waals surface area contributed by atoms with Gasteiger partial charge < -0.3 is 20.3 Å². The molecule has 25 heavy (non-hydrogen) atoms. The molecule has 2 rings (SSSR count). The van der Waals surface area contributed by atoms with E-state index in [1.165, 1.54) is 25.0 Å². The van der Waals surface area contributed by atoms with Crippen LogP contribution in [0.25, 0.3) is 0 Å². The summed E-state index contributed by atoms with van der Waals surface area (Å²) in [4.78, 5) is 6.32. The van der Waals surface area contributed by atoms with Crippen LogP contribution >= 0.6 is 0 Å². The molecule has 1 aromatic carbocycles. The molecule has 1 aliphatic carbocycles. The molecule has 0 aromatic heterocycles. The largest absolute Gasteiger partial charge is 0.573 e. The maximum atomic E-state index is 12.5. The fourth-order valence-electron chi connectivity index (χ4n) is 2.73. The molecule has 1 atom stereocenters. The van der Waals surface area contributed by atoms with E-state index in [0.29, 0.717) is 23.5 Å². The molecule has 140 valence electrons. The Kier molecular flexibility index (Phi) is 6.52. The van der Waals surface area contributed by atoms with Crippen molar-refractivity contribution in [2.24, 2.45) is 10.9 Å². The Hall–Kier alpha value is -1.96. The zero-order valence-electron chi connectivity index (χ0n) is 14.7. The second-order valence-corrected chi connectivity index (χ2v) is 6.33. The lowest BCUT2D eigenvalue weighted by atomic mass is 10.1. The minimum atomic E-state index is -4.71. The molecule has 5 nitrogen and oxygen atoms in total. The number of hydrogen-bond donors (Lipinski definition) is 2. The monoisotopic (exact) mass is 358 g/mol. The van der Waals surface area contributed by atoms with Gasteiger partial charge in [-0.2, -0.15) is 0 Å². The zero-order valence-corrected chi connectivity index (χ0v) is 14.7. The third-order valence-corrected chi connectivity index (χ3v) is 4.18. The Balaban J connectivity index is 1.90. The summed E-state index contributed by atoms with van der Waals surface area (Å²) in [6.07, 6.45) is -2.24. The van der Waals surface area contributed by atoms with E-state index in [2.05, 4.69) is 25.3 Å². The van der Waals surface area contributed by atoms with E-state index < -0.39 is 6.36 Å².